The number of hydrogen-bond acceptors (Lipinski definition) is 4. The van der Waals surface area contributed by atoms with E-state index >= 15 is 0 Å². The molecule has 0 fully saturated rings. The lowest BCUT2D eigenvalue weighted by Gasteiger charge is -2.05. The second-order valence-corrected chi connectivity index (χ2v) is 3.65. The van der Waals surface area contributed by atoms with Gasteiger partial charge in [0, 0.05) is 26.0 Å². The molecule has 94 valence electrons. The van der Waals surface area contributed by atoms with Crippen LogP contribution in [0.1, 0.15) is 10.4 Å². The van der Waals surface area contributed by atoms with E-state index in [9.17, 15) is 9.59 Å². The van der Waals surface area contributed by atoms with Crippen molar-refractivity contribution in [2.24, 2.45) is 0 Å². The molecule has 0 aromatic carbocycles. The molecule has 0 aliphatic carbocycles. The molecule has 6 heteroatoms. The molecule has 0 saturated heterocycles. The highest BCUT2D eigenvalue weighted by atomic mass is 16.5. The van der Waals surface area contributed by atoms with Gasteiger partial charge in [-0.3, -0.25) is 14.0 Å². The summed E-state index contributed by atoms with van der Waals surface area (Å²) in [6.07, 6.45) is 2.87. The maximum atomic E-state index is 12.0. The molecular formula is C12H13N3O3. The summed E-state index contributed by atoms with van der Waals surface area (Å²) < 4.78 is 6.15. The van der Waals surface area contributed by atoms with Crippen LogP contribution in [-0.2, 0) is 4.74 Å². The van der Waals surface area contributed by atoms with E-state index in [0.29, 0.717) is 18.8 Å². The van der Waals surface area contributed by atoms with E-state index in [1.54, 1.807) is 31.5 Å². The first kappa shape index (κ1) is 12.3. The minimum atomic E-state index is -0.442. The zero-order chi connectivity index (χ0) is 13.0. The fraction of sp³-hybridized carbons (Fsp3) is 0.250. The number of rotatable bonds is 4. The van der Waals surface area contributed by atoms with E-state index in [2.05, 4.69) is 10.3 Å². The monoisotopic (exact) mass is 247 g/mol. The topological polar surface area (TPSA) is 72.7 Å². The normalized spacial score (nSPS) is 10.5. The van der Waals surface area contributed by atoms with E-state index < -0.39 is 5.91 Å². The van der Waals surface area contributed by atoms with Crippen molar-refractivity contribution >= 4 is 11.6 Å². The Balaban J connectivity index is 2.31. The number of aromatic nitrogens is 2. The molecule has 2 aromatic rings. The second kappa shape index (κ2) is 5.42. The molecule has 2 rings (SSSR count). The van der Waals surface area contributed by atoms with Crippen molar-refractivity contribution in [3.63, 3.8) is 0 Å². The van der Waals surface area contributed by atoms with Gasteiger partial charge in [-0.1, -0.05) is 6.07 Å². The Labute approximate surface area is 103 Å². The van der Waals surface area contributed by atoms with Gasteiger partial charge >= 0.3 is 0 Å². The number of carbonyl (C=O) groups excluding carboxylic acids is 1. The number of ether oxygens (including phenoxy) is 1. The van der Waals surface area contributed by atoms with E-state index in [-0.39, 0.29) is 11.1 Å². The quantitative estimate of drug-likeness (QED) is 0.776. The minimum Gasteiger partial charge on any atom is -0.383 e. The lowest BCUT2D eigenvalue weighted by molar-refractivity contribution is 0.0935. The highest BCUT2D eigenvalue weighted by molar-refractivity contribution is 5.93. The van der Waals surface area contributed by atoms with Crippen molar-refractivity contribution < 1.29 is 9.53 Å². The number of amides is 1. The molecule has 0 unspecified atom stereocenters. The molecular weight excluding hydrogens is 234 g/mol. The molecule has 0 aliphatic heterocycles. The zero-order valence-corrected chi connectivity index (χ0v) is 9.92. The maximum Gasteiger partial charge on any atom is 0.270 e. The Morgan fingerprint density at radius 3 is 3.11 bits per heavy atom. The Kier molecular flexibility index (Phi) is 3.69. The third-order valence-corrected chi connectivity index (χ3v) is 2.45. The number of fused-ring (bicyclic) bond motifs is 1. The standard InChI is InChI=1S/C12H13N3O3/c1-18-7-5-13-11(16)9-8-14-10-4-2-3-6-15(10)12(9)17/h2-4,6,8H,5,7H2,1H3,(H,13,16). The first-order chi connectivity index (χ1) is 8.74. The average Bonchev–Trinajstić information content (AvgIpc) is 2.39. The Bertz CT molecular complexity index is 621. The fourth-order valence-electron chi connectivity index (χ4n) is 1.54. The van der Waals surface area contributed by atoms with Crippen molar-refractivity contribution in [2.75, 3.05) is 20.3 Å². The van der Waals surface area contributed by atoms with Crippen molar-refractivity contribution in [3.05, 3.63) is 46.5 Å². The maximum absolute atomic E-state index is 12.0. The van der Waals surface area contributed by atoms with Crippen LogP contribution in [0.15, 0.2) is 35.4 Å². The van der Waals surface area contributed by atoms with Crippen LogP contribution >= 0.6 is 0 Å². The summed E-state index contributed by atoms with van der Waals surface area (Å²) in [4.78, 5) is 27.9. The van der Waals surface area contributed by atoms with E-state index in [1.165, 1.54) is 10.6 Å². The molecule has 0 bridgehead atoms. The molecule has 0 atom stereocenters. The van der Waals surface area contributed by atoms with Crippen molar-refractivity contribution in [2.45, 2.75) is 0 Å². The number of nitrogens with one attached hydrogen (secondary N) is 1. The number of carbonyl (C=O) groups is 1. The van der Waals surface area contributed by atoms with Gasteiger partial charge in [0.2, 0.25) is 0 Å². The number of methoxy groups -OCH3 is 1. The first-order valence-electron chi connectivity index (χ1n) is 5.47. The summed E-state index contributed by atoms with van der Waals surface area (Å²) in [5.74, 6) is -0.442. The molecule has 0 aliphatic rings. The van der Waals surface area contributed by atoms with Gasteiger partial charge in [-0.15, -0.1) is 0 Å². The Hall–Kier alpha value is -2.21. The molecule has 0 radical (unpaired) electrons. The summed E-state index contributed by atoms with van der Waals surface area (Å²) in [5, 5.41) is 2.59. The molecule has 6 nitrogen and oxygen atoms in total. The van der Waals surface area contributed by atoms with Crippen LogP contribution < -0.4 is 10.9 Å². The smallest absolute Gasteiger partial charge is 0.270 e. The minimum absolute atomic E-state index is 0.0230. The lowest BCUT2D eigenvalue weighted by atomic mass is 10.3. The highest BCUT2D eigenvalue weighted by Gasteiger charge is 2.12. The van der Waals surface area contributed by atoms with Crippen molar-refractivity contribution in [1.82, 2.24) is 14.7 Å². The summed E-state index contributed by atoms with van der Waals surface area (Å²) in [7, 11) is 1.54. The number of hydrogen-bond donors (Lipinski definition) is 1. The molecule has 1 N–H and O–H groups in total. The molecule has 2 heterocycles. The Morgan fingerprint density at radius 2 is 2.33 bits per heavy atom. The van der Waals surface area contributed by atoms with Crippen LogP contribution in [0.5, 0.6) is 0 Å². The van der Waals surface area contributed by atoms with E-state index in [4.69, 9.17) is 4.74 Å². The lowest BCUT2D eigenvalue weighted by Crippen LogP contribution is -2.33. The van der Waals surface area contributed by atoms with Crippen LogP contribution in [0.2, 0.25) is 0 Å². The van der Waals surface area contributed by atoms with Crippen LogP contribution in [0, 0.1) is 0 Å². The molecule has 2 aromatic heterocycles. The summed E-state index contributed by atoms with van der Waals surface area (Å²) in [5.41, 5.74) is 0.154. The third-order valence-electron chi connectivity index (χ3n) is 2.45. The van der Waals surface area contributed by atoms with Gasteiger partial charge in [0.05, 0.1) is 6.61 Å². The Morgan fingerprint density at radius 1 is 1.50 bits per heavy atom. The van der Waals surface area contributed by atoms with Crippen LogP contribution in [0.3, 0.4) is 0 Å². The zero-order valence-electron chi connectivity index (χ0n) is 9.92. The van der Waals surface area contributed by atoms with E-state index in [0.717, 1.165) is 0 Å². The number of nitrogens with zero attached hydrogens (tertiary/aromatic N) is 2. The molecule has 0 saturated carbocycles. The van der Waals surface area contributed by atoms with Crippen LogP contribution in [0.25, 0.3) is 5.65 Å². The molecule has 18 heavy (non-hydrogen) atoms. The predicted molar refractivity (Wildman–Crippen MR) is 65.7 cm³/mol. The fourth-order valence-corrected chi connectivity index (χ4v) is 1.54. The average molecular weight is 247 g/mol. The summed E-state index contributed by atoms with van der Waals surface area (Å²) >= 11 is 0. The number of pyridine rings is 1. The van der Waals surface area contributed by atoms with Gasteiger partial charge in [0.1, 0.15) is 11.2 Å². The van der Waals surface area contributed by atoms with Gasteiger partial charge in [-0.05, 0) is 12.1 Å². The first-order valence-corrected chi connectivity index (χ1v) is 5.47. The second-order valence-electron chi connectivity index (χ2n) is 3.65. The van der Waals surface area contributed by atoms with Crippen LogP contribution in [0.4, 0.5) is 0 Å². The van der Waals surface area contributed by atoms with E-state index in [1.807, 2.05) is 0 Å². The largest absolute Gasteiger partial charge is 0.383 e. The van der Waals surface area contributed by atoms with Gasteiger partial charge in [-0.25, -0.2) is 4.98 Å². The van der Waals surface area contributed by atoms with Gasteiger partial charge < -0.3 is 10.1 Å². The van der Waals surface area contributed by atoms with Crippen molar-refractivity contribution in [3.8, 4) is 0 Å². The van der Waals surface area contributed by atoms with Crippen LogP contribution in [-0.4, -0.2) is 35.6 Å². The molecule has 0 spiro atoms. The predicted octanol–water partition coefficient (Wildman–Crippen LogP) is 0.0707. The third kappa shape index (κ3) is 2.38. The summed E-state index contributed by atoms with van der Waals surface area (Å²) in [6, 6.07) is 5.19. The van der Waals surface area contributed by atoms with Gasteiger partial charge in [-0.2, -0.15) is 0 Å². The SMILES string of the molecule is COCCNC(=O)c1cnc2ccccn2c1=O. The van der Waals surface area contributed by atoms with Gasteiger partial charge in [0.25, 0.3) is 11.5 Å². The van der Waals surface area contributed by atoms with Crippen molar-refractivity contribution in [1.29, 1.82) is 0 Å². The molecule has 1 amide bonds. The highest BCUT2D eigenvalue weighted by Crippen LogP contribution is 1.97. The summed E-state index contributed by atoms with van der Waals surface area (Å²) in [6.45, 7) is 0.750. The van der Waals surface area contributed by atoms with Gasteiger partial charge in [0.15, 0.2) is 0 Å².